The van der Waals surface area contributed by atoms with E-state index >= 15 is 0 Å². The summed E-state index contributed by atoms with van der Waals surface area (Å²) in [5.74, 6) is 0.922. The first-order chi connectivity index (χ1) is 19.1. The average molecular weight is 675 g/mol. The molecular formula is C31H35IN2O5S. The first-order valence-corrected chi connectivity index (χ1v) is 15.2. The number of hydrogen-bond donors (Lipinski definition) is 1. The second kappa shape index (κ2) is 13.2. The molecule has 1 heterocycles. The van der Waals surface area contributed by atoms with Crippen LogP contribution in [0.5, 0.6) is 11.5 Å². The van der Waals surface area contributed by atoms with E-state index in [2.05, 4.69) is 48.7 Å². The van der Waals surface area contributed by atoms with Crippen LogP contribution < -0.4 is 14.8 Å². The zero-order valence-corrected chi connectivity index (χ0v) is 26.5. The number of thiophene rings is 1. The lowest BCUT2D eigenvalue weighted by Crippen LogP contribution is -2.27. The number of rotatable bonds is 9. The van der Waals surface area contributed by atoms with Crippen LogP contribution in [-0.4, -0.2) is 38.4 Å². The number of anilines is 1. The minimum Gasteiger partial charge on any atom is -0.493 e. The second-order valence-corrected chi connectivity index (χ2v) is 12.9. The van der Waals surface area contributed by atoms with Gasteiger partial charge in [0.15, 0.2) is 18.1 Å². The molecule has 4 rings (SSSR count). The van der Waals surface area contributed by atoms with Gasteiger partial charge in [0.2, 0.25) is 0 Å². The summed E-state index contributed by atoms with van der Waals surface area (Å²) in [6.07, 6.45) is 4.60. The van der Waals surface area contributed by atoms with Gasteiger partial charge in [0.25, 0.3) is 5.91 Å². The predicted octanol–water partition coefficient (Wildman–Crippen LogP) is 7.46. The number of carbonyl (C=O) groups excluding carboxylic acids is 2. The van der Waals surface area contributed by atoms with Crippen molar-refractivity contribution in [3.63, 3.8) is 0 Å². The number of carbonyl (C=O) groups is 2. The summed E-state index contributed by atoms with van der Waals surface area (Å²) in [5, 5.41) is 3.76. The van der Waals surface area contributed by atoms with E-state index in [0.717, 1.165) is 39.6 Å². The van der Waals surface area contributed by atoms with Crippen LogP contribution in [0.2, 0.25) is 0 Å². The highest BCUT2D eigenvalue weighted by molar-refractivity contribution is 14.1. The number of para-hydroxylation sites is 1. The molecule has 0 aliphatic heterocycles. The number of nitrogens with one attached hydrogen (secondary N) is 1. The molecule has 0 radical (unpaired) electrons. The summed E-state index contributed by atoms with van der Waals surface area (Å²) >= 11 is 3.75. The number of methoxy groups -OCH3 is 1. The summed E-state index contributed by atoms with van der Waals surface area (Å²) in [6.45, 7) is 8.69. The maximum atomic E-state index is 13.6. The van der Waals surface area contributed by atoms with E-state index < -0.39 is 5.97 Å². The predicted molar refractivity (Wildman–Crippen MR) is 169 cm³/mol. The van der Waals surface area contributed by atoms with Crippen molar-refractivity contribution in [2.24, 2.45) is 16.3 Å². The van der Waals surface area contributed by atoms with E-state index in [1.54, 1.807) is 37.7 Å². The van der Waals surface area contributed by atoms with Crippen LogP contribution in [0.15, 0.2) is 47.5 Å². The van der Waals surface area contributed by atoms with Crippen molar-refractivity contribution in [1.29, 1.82) is 0 Å². The van der Waals surface area contributed by atoms with Crippen molar-refractivity contribution in [1.82, 2.24) is 0 Å². The number of halogens is 1. The van der Waals surface area contributed by atoms with Crippen LogP contribution in [0.25, 0.3) is 0 Å². The second-order valence-electron chi connectivity index (χ2n) is 10.7. The molecule has 0 spiro atoms. The largest absolute Gasteiger partial charge is 0.493 e. The Balaban J connectivity index is 1.66. The van der Waals surface area contributed by atoms with Crippen LogP contribution >= 0.6 is 33.9 Å². The maximum absolute atomic E-state index is 13.6. The van der Waals surface area contributed by atoms with Gasteiger partial charge in [-0.05, 0) is 95.5 Å². The van der Waals surface area contributed by atoms with Crippen molar-refractivity contribution in [2.75, 3.05) is 25.6 Å². The molecule has 2 aromatic carbocycles. The van der Waals surface area contributed by atoms with Crippen molar-refractivity contribution < 1.29 is 23.8 Å². The van der Waals surface area contributed by atoms with Gasteiger partial charge in [0, 0.05) is 16.8 Å². The molecule has 1 aliphatic carbocycles. The average Bonchev–Trinajstić information content (AvgIpc) is 3.29. The zero-order chi connectivity index (χ0) is 28.9. The van der Waals surface area contributed by atoms with Crippen LogP contribution in [0.1, 0.15) is 60.5 Å². The molecule has 0 fully saturated rings. The van der Waals surface area contributed by atoms with E-state index in [0.29, 0.717) is 34.6 Å². The number of hydrogen-bond acceptors (Lipinski definition) is 7. The van der Waals surface area contributed by atoms with Gasteiger partial charge < -0.3 is 19.5 Å². The van der Waals surface area contributed by atoms with E-state index in [1.807, 2.05) is 36.4 Å². The molecule has 1 amide bonds. The Hall–Kier alpha value is -2.92. The van der Waals surface area contributed by atoms with Gasteiger partial charge in [0.05, 0.1) is 22.9 Å². The van der Waals surface area contributed by atoms with Crippen LogP contribution in [-0.2, 0) is 22.4 Å². The van der Waals surface area contributed by atoms with E-state index in [-0.39, 0.29) is 17.9 Å². The summed E-state index contributed by atoms with van der Waals surface area (Å²) < 4.78 is 17.0. The quantitative estimate of drug-likeness (QED) is 0.145. The molecule has 0 bridgehead atoms. The van der Waals surface area contributed by atoms with Gasteiger partial charge in [-0.1, -0.05) is 39.0 Å². The van der Waals surface area contributed by atoms with Gasteiger partial charge in [-0.3, -0.25) is 4.79 Å². The molecule has 1 atom stereocenters. The van der Waals surface area contributed by atoms with E-state index in [4.69, 9.17) is 19.2 Å². The molecule has 3 aromatic rings. The molecule has 212 valence electrons. The van der Waals surface area contributed by atoms with Crippen molar-refractivity contribution in [3.05, 3.63) is 67.6 Å². The summed E-state index contributed by atoms with van der Waals surface area (Å²) in [6, 6.07) is 13.2. The Morgan fingerprint density at radius 3 is 2.62 bits per heavy atom. The third-order valence-corrected chi connectivity index (χ3v) is 8.92. The van der Waals surface area contributed by atoms with Gasteiger partial charge in [-0.2, -0.15) is 0 Å². The molecule has 0 unspecified atom stereocenters. The van der Waals surface area contributed by atoms with Crippen LogP contribution in [0.4, 0.5) is 10.7 Å². The molecule has 1 aliphatic rings. The Labute approximate surface area is 253 Å². The van der Waals surface area contributed by atoms with Gasteiger partial charge in [0.1, 0.15) is 5.00 Å². The SMILES string of the molecule is CCOC(=O)COc1c(I)cc(C=Nc2sc3c(c2C(=O)Nc2ccccc2)CC[C@H](C(C)(C)C)C3)cc1OC. The van der Waals surface area contributed by atoms with Crippen LogP contribution in [0, 0.1) is 14.9 Å². The Morgan fingerprint density at radius 2 is 1.95 bits per heavy atom. The van der Waals surface area contributed by atoms with Gasteiger partial charge >= 0.3 is 5.97 Å². The fraction of sp³-hybridized carbons (Fsp3) is 0.387. The molecule has 1 N–H and O–H groups in total. The lowest BCUT2D eigenvalue weighted by atomic mass is 9.72. The van der Waals surface area contributed by atoms with Crippen LogP contribution in [0.3, 0.4) is 0 Å². The van der Waals surface area contributed by atoms with Crippen molar-refractivity contribution >= 4 is 62.7 Å². The molecular weight excluding hydrogens is 639 g/mol. The van der Waals surface area contributed by atoms with Crippen molar-refractivity contribution in [3.8, 4) is 11.5 Å². The fourth-order valence-electron chi connectivity index (χ4n) is 4.77. The Kier molecular flexibility index (Phi) is 9.89. The minimum atomic E-state index is -0.442. The zero-order valence-electron chi connectivity index (χ0n) is 23.5. The fourth-order valence-corrected chi connectivity index (χ4v) is 6.82. The summed E-state index contributed by atoms with van der Waals surface area (Å²) in [7, 11) is 1.55. The molecule has 7 nitrogen and oxygen atoms in total. The molecule has 0 saturated carbocycles. The number of nitrogens with zero attached hydrogens (tertiary/aromatic N) is 1. The Morgan fingerprint density at radius 1 is 1.20 bits per heavy atom. The van der Waals surface area contributed by atoms with Gasteiger partial charge in [-0.25, -0.2) is 9.79 Å². The highest BCUT2D eigenvalue weighted by Gasteiger charge is 2.33. The van der Waals surface area contributed by atoms with Crippen molar-refractivity contribution in [2.45, 2.75) is 47.0 Å². The van der Waals surface area contributed by atoms with E-state index in [1.165, 1.54) is 4.88 Å². The summed E-state index contributed by atoms with van der Waals surface area (Å²) in [4.78, 5) is 31.4. The number of benzene rings is 2. The first-order valence-electron chi connectivity index (χ1n) is 13.3. The lowest BCUT2D eigenvalue weighted by molar-refractivity contribution is -0.145. The maximum Gasteiger partial charge on any atom is 0.344 e. The first kappa shape index (κ1) is 30.0. The molecule has 9 heteroatoms. The topological polar surface area (TPSA) is 86.2 Å². The normalized spacial score (nSPS) is 15.0. The number of esters is 1. The Bertz CT molecular complexity index is 1390. The monoisotopic (exact) mass is 674 g/mol. The minimum absolute atomic E-state index is 0.139. The standard InChI is InChI=1S/C31H35IN2O5S/c1-6-38-26(35)18-39-28-23(32)14-19(15-24(28)37-5)17-33-30-27(29(36)34-21-10-8-7-9-11-21)22-13-12-20(31(2,3)4)16-25(22)40-30/h7-11,14-15,17,20H,6,12-13,16,18H2,1-5H3,(H,34,36)/t20-/m0/s1. The molecule has 1 aromatic heterocycles. The van der Waals surface area contributed by atoms with E-state index in [9.17, 15) is 9.59 Å². The highest BCUT2D eigenvalue weighted by atomic mass is 127. The third-order valence-electron chi connectivity index (χ3n) is 6.95. The molecule has 40 heavy (non-hydrogen) atoms. The summed E-state index contributed by atoms with van der Waals surface area (Å²) in [5.41, 5.74) is 3.51. The number of aliphatic imine (C=N–C) groups is 1. The number of amides is 1. The molecule has 0 saturated heterocycles. The lowest BCUT2D eigenvalue weighted by Gasteiger charge is -2.33. The number of fused-ring (bicyclic) bond motifs is 1. The third kappa shape index (κ3) is 7.23. The van der Waals surface area contributed by atoms with Gasteiger partial charge in [-0.15, -0.1) is 11.3 Å². The smallest absolute Gasteiger partial charge is 0.344 e. The number of ether oxygens (including phenoxy) is 3. The highest BCUT2D eigenvalue weighted by Crippen LogP contribution is 2.45.